The van der Waals surface area contributed by atoms with Crippen LogP contribution in [0.2, 0.25) is 0 Å². The molecule has 0 heterocycles. The van der Waals surface area contributed by atoms with Crippen molar-refractivity contribution >= 4 is 12.0 Å². The Hall–Kier alpha value is -1.34. The molecular weight excluding hydrogens is 228 g/mol. The van der Waals surface area contributed by atoms with Crippen LogP contribution < -0.4 is 10.6 Å². The van der Waals surface area contributed by atoms with Gasteiger partial charge in [-0.25, -0.2) is 9.59 Å². The quantitative estimate of drug-likeness (QED) is 0.553. The topological polar surface area (TPSA) is 96.9 Å². The van der Waals surface area contributed by atoms with Gasteiger partial charge in [0.15, 0.2) is 0 Å². The molecule has 0 rings (SSSR count). The van der Waals surface area contributed by atoms with Gasteiger partial charge in [-0.3, -0.25) is 0 Å². The van der Waals surface area contributed by atoms with Crippen molar-refractivity contribution in [2.24, 2.45) is 0 Å². The highest BCUT2D eigenvalue weighted by atomic mass is 16.5. The van der Waals surface area contributed by atoms with Crippen molar-refractivity contribution in [3.63, 3.8) is 0 Å². The number of carboxylic acid groups (broad SMARTS) is 1. The number of hydrogen-bond acceptors (Lipinski definition) is 4. The molecule has 2 amide bonds. The van der Waals surface area contributed by atoms with Crippen LogP contribution in [-0.4, -0.2) is 56.6 Å². The van der Waals surface area contributed by atoms with Gasteiger partial charge in [-0.1, -0.05) is 6.92 Å². The number of hydrogen-bond donors (Lipinski definition) is 3. The van der Waals surface area contributed by atoms with Crippen molar-refractivity contribution < 1.29 is 24.2 Å². The average molecular weight is 248 g/mol. The third-order valence-corrected chi connectivity index (χ3v) is 2.19. The lowest BCUT2D eigenvalue weighted by Crippen LogP contribution is -2.48. The minimum atomic E-state index is -1.05. The van der Waals surface area contributed by atoms with E-state index >= 15 is 0 Å². The van der Waals surface area contributed by atoms with E-state index < -0.39 is 18.0 Å². The van der Waals surface area contributed by atoms with Crippen LogP contribution in [0.25, 0.3) is 0 Å². The lowest BCUT2D eigenvalue weighted by molar-refractivity contribution is -0.139. The molecule has 0 aliphatic heterocycles. The molecule has 0 aromatic rings. The predicted octanol–water partition coefficient (Wildman–Crippen LogP) is -0.190. The molecule has 3 N–H and O–H groups in total. The van der Waals surface area contributed by atoms with E-state index in [1.165, 1.54) is 14.2 Å². The molecule has 7 heteroatoms. The lowest BCUT2D eigenvalue weighted by Gasteiger charge is -2.17. The van der Waals surface area contributed by atoms with Crippen LogP contribution in [-0.2, 0) is 14.3 Å². The van der Waals surface area contributed by atoms with E-state index in [-0.39, 0.29) is 12.6 Å². The summed E-state index contributed by atoms with van der Waals surface area (Å²) in [5.74, 6) is -1.05. The summed E-state index contributed by atoms with van der Waals surface area (Å²) in [6.45, 7) is 2.29. The Balaban J connectivity index is 3.96. The van der Waals surface area contributed by atoms with Gasteiger partial charge in [-0.05, 0) is 6.42 Å². The second kappa shape index (κ2) is 8.77. The zero-order valence-electron chi connectivity index (χ0n) is 10.4. The van der Waals surface area contributed by atoms with Crippen LogP contribution >= 0.6 is 0 Å². The average Bonchev–Trinajstić information content (AvgIpc) is 2.30. The monoisotopic (exact) mass is 248 g/mol. The van der Waals surface area contributed by atoms with Gasteiger partial charge in [0.1, 0.15) is 6.04 Å². The second-order valence-corrected chi connectivity index (χ2v) is 3.47. The van der Waals surface area contributed by atoms with Crippen molar-refractivity contribution in [3.05, 3.63) is 0 Å². The Morgan fingerprint density at radius 1 is 1.35 bits per heavy atom. The molecule has 7 nitrogen and oxygen atoms in total. The van der Waals surface area contributed by atoms with Gasteiger partial charge in [-0.15, -0.1) is 0 Å². The molecule has 0 saturated carbocycles. The molecule has 1 unspecified atom stereocenters. The number of rotatable bonds is 8. The molecule has 0 saturated heterocycles. The van der Waals surface area contributed by atoms with E-state index in [4.69, 9.17) is 14.6 Å². The number of methoxy groups -OCH3 is 2. The molecule has 17 heavy (non-hydrogen) atoms. The van der Waals surface area contributed by atoms with E-state index in [1.54, 1.807) is 6.92 Å². The van der Waals surface area contributed by atoms with Gasteiger partial charge in [0.2, 0.25) is 0 Å². The largest absolute Gasteiger partial charge is 0.480 e. The van der Waals surface area contributed by atoms with E-state index in [9.17, 15) is 9.59 Å². The summed E-state index contributed by atoms with van der Waals surface area (Å²) in [5.41, 5.74) is 0. The lowest BCUT2D eigenvalue weighted by atomic mass is 10.2. The van der Waals surface area contributed by atoms with Gasteiger partial charge in [-0.2, -0.15) is 0 Å². The van der Waals surface area contributed by atoms with Gasteiger partial charge in [0.25, 0.3) is 0 Å². The van der Waals surface area contributed by atoms with Crippen LogP contribution in [0.5, 0.6) is 0 Å². The molecule has 2 atom stereocenters. The number of carboxylic acids is 1. The Bertz CT molecular complexity index is 247. The fraction of sp³-hybridized carbons (Fsp3) is 0.800. The van der Waals surface area contributed by atoms with E-state index in [1.807, 2.05) is 0 Å². The third-order valence-electron chi connectivity index (χ3n) is 2.19. The number of urea groups is 1. The molecule has 0 aliphatic rings. The summed E-state index contributed by atoms with van der Waals surface area (Å²) in [5, 5.41) is 13.6. The van der Waals surface area contributed by atoms with E-state index in [2.05, 4.69) is 10.6 Å². The summed E-state index contributed by atoms with van der Waals surface area (Å²) >= 11 is 0. The SMILES string of the molecule is CC[C@H](NC(=O)NCC(COC)OC)C(=O)O. The second-order valence-electron chi connectivity index (χ2n) is 3.47. The molecule has 0 spiro atoms. The Labute approximate surface area is 100 Å². The first-order valence-corrected chi connectivity index (χ1v) is 5.34. The highest BCUT2D eigenvalue weighted by molar-refractivity contribution is 5.82. The molecular formula is C10H20N2O5. The number of carbonyl (C=O) groups is 2. The smallest absolute Gasteiger partial charge is 0.326 e. The normalized spacial score (nSPS) is 13.8. The third kappa shape index (κ3) is 6.75. The minimum absolute atomic E-state index is 0.254. The minimum Gasteiger partial charge on any atom is -0.480 e. The molecule has 0 bridgehead atoms. The van der Waals surface area contributed by atoms with Gasteiger partial charge < -0.3 is 25.2 Å². The van der Waals surface area contributed by atoms with Crippen molar-refractivity contribution in [1.29, 1.82) is 0 Å². The van der Waals surface area contributed by atoms with E-state index in [0.717, 1.165) is 0 Å². The highest BCUT2D eigenvalue weighted by Crippen LogP contribution is 1.92. The van der Waals surface area contributed by atoms with Crippen LogP contribution in [0.3, 0.4) is 0 Å². The summed E-state index contributed by atoms with van der Waals surface area (Å²) in [7, 11) is 3.04. The fourth-order valence-electron chi connectivity index (χ4n) is 1.15. The van der Waals surface area contributed by atoms with Crippen LogP contribution in [0, 0.1) is 0 Å². The first-order valence-electron chi connectivity index (χ1n) is 5.34. The number of carbonyl (C=O) groups excluding carboxylic acids is 1. The maximum Gasteiger partial charge on any atom is 0.326 e. The van der Waals surface area contributed by atoms with Crippen LogP contribution in [0.15, 0.2) is 0 Å². The Kier molecular flexibility index (Phi) is 8.08. The first-order chi connectivity index (χ1) is 8.04. The first kappa shape index (κ1) is 15.7. The summed E-state index contributed by atoms with van der Waals surface area (Å²) < 4.78 is 9.91. The molecule has 0 radical (unpaired) electrons. The van der Waals surface area contributed by atoms with Gasteiger partial charge in [0, 0.05) is 20.8 Å². The molecule has 0 aromatic carbocycles. The Morgan fingerprint density at radius 3 is 2.41 bits per heavy atom. The maximum atomic E-state index is 11.4. The van der Waals surface area contributed by atoms with E-state index in [0.29, 0.717) is 13.0 Å². The standard InChI is InChI=1S/C10H20N2O5/c1-4-8(9(13)14)12-10(15)11-5-7(17-3)6-16-2/h7-8H,4-6H2,1-3H3,(H,13,14)(H2,11,12,15)/t7?,8-/m0/s1. The number of aliphatic carboxylic acids is 1. The van der Waals surface area contributed by atoms with Crippen LogP contribution in [0.4, 0.5) is 4.79 Å². The number of ether oxygens (including phenoxy) is 2. The van der Waals surface area contributed by atoms with Crippen LogP contribution in [0.1, 0.15) is 13.3 Å². The summed E-state index contributed by atoms with van der Waals surface area (Å²) in [6, 6.07) is -1.41. The molecule has 100 valence electrons. The number of amides is 2. The molecule has 0 aliphatic carbocycles. The van der Waals surface area contributed by atoms with Crippen molar-refractivity contribution in [2.75, 3.05) is 27.4 Å². The molecule has 0 fully saturated rings. The highest BCUT2D eigenvalue weighted by Gasteiger charge is 2.17. The predicted molar refractivity (Wildman–Crippen MR) is 60.9 cm³/mol. The van der Waals surface area contributed by atoms with Crippen molar-refractivity contribution in [1.82, 2.24) is 10.6 Å². The summed E-state index contributed by atoms with van der Waals surface area (Å²) in [6.07, 6.45) is 0.0739. The zero-order chi connectivity index (χ0) is 13.3. The van der Waals surface area contributed by atoms with Gasteiger partial charge >= 0.3 is 12.0 Å². The van der Waals surface area contributed by atoms with Crippen molar-refractivity contribution in [3.8, 4) is 0 Å². The Morgan fingerprint density at radius 2 is 2.00 bits per heavy atom. The number of nitrogens with one attached hydrogen (secondary N) is 2. The zero-order valence-corrected chi connectivity index (χ0v) is 10.4. The maximum absolute atomic E-state index is 11.4. The van der Waals surface area contributed by atoms with Crippen molar-refractivity contribution in [2.45, 2.75) is 25.5 Å². The fourth-order valence-corrected chi connectivity index (χ4v) is 1.15. The van der Waals surface area contributed by atoms with Gasteiger partial charge in [0.05, 0.1) is 12.7 Å². The molecule has 0 aromatic heterocycles. The summed E-state index contributed by atoms with van der Waals surface area (Å²) in [4.78, 5) is 22.0.